The second kappa shape index (κ2) is 3.01. The molecule has 2 nitrogen and oxygen atoms in total. The van der Waals surface area contributed by atoms with Crippen molar-refractivity contribution in [2.24, 2.45) is 0 Å². The number of imidazole rings is 1. The Morgan fingerprint density at radius 3 is 3.10 bits per heavy atom. The second-order valence-corrected chi connectivity index (χ2v) is 1.89. The predicted molar refractivity (Wildman–Crippen MR) is 42.6 cm³/mol. The molecule has 1 N–H and O–H groups in total. The Bertz CT molecular complexity index is 319. The van der Waals surface area contributed by atoms with E-state index in [1.807, 2.05) is 19.1 Å². The van der Waals surface area contributed by atoms with Gasteiger partial charge in [0.2, 0.25) is 0 Å². The minimum absolute atomic E-state index is 0.972. The maximum atomic E-state index is 4.06. The number of aromatic amines is 1. The monoisotopic (exact) mass is 134 g/mol. The van der Waals surface area contributed by atoms with Crippen molar-refractivity contribution in [3.8, 4) is 0 Å². The molecule has 0 fully saturated rings. The number of rotatable bonds is 1. The molecular weight excluding hydrogens is 124 g/mol. The van der Waals surface area contributed by atoms with Crippen molar-refractivity contribution in [1.29, 1.82) is 0 Å². The van der Waals surface area contributed by atoms with E-state index < -0.39 is 0 Å². The third-order valence-corrected chi connectivity index (χ3v) is 1.26. The number of nitrogens with one attached hydrogen (secondary N) is 1. The zero-order valence-corrected chi connectivity index (χ0v) is 5.96. The maximum Gasteiger partial charge on any atom is 0.0931 e. The van der Waals surface area contributed by atoms with Gasteiger partial charge in [-0.2, -0.15) is 0 Å². The molecule has 1 aromatic heterocycles. The first-order valence-corrected chi connectivity index (χ1v) is 3.17. The smallest absolute Gasteiger partial charge is 0.0931 e. The standard InChI is InChI=1S/C8H10N2/c1-3-5-8-7(4-2)9-6-10-8/h3-6H,1H2,2H3,(H,9,10)/b7-4+,8-5+. The quantitative estimate of drug-likeness (QED) is 0.583. The minimum Gasteiger partial charge on any atom is -0.345 e. The first-order valence-electron chi connectivity index (χ1n) is 3.17. The molecule has 0 radical (unpaired) electrons. The van der Waals surface area contributed by atoms with Gasteiger partial charge in [0.1, 0.15) is 0 Å². The van der Waals surface area contributed by atoms with Gasteiger partial charge in [0, 0.05) is 0 Å². The van der Waals surface area contributed by atoms with Gasteiger partial charge in [-0.1, -0.05) is 18.7 Å². The Labute approximate surface area is 59.6 Å². The lowest BCUT2D eigenvalue weighted by Gasteiger charge is -1.72. The van der Waals surface area contributed by atoms with E-state index in [0.717, 1.165) is 10.7 Å². The third-order valence-electron chi connectivity index (χ3n) is 1.26. The van der Waals surface area contributed by atoms with Gasteiger partial charge >= 0.3 is 0 Å². The largest absolute Gasteiger partial charge is 0.345 e. The third kappa shape index (κ3) is 1.16. The normalized spacial score (nSPS) is 14.1. The summed E-state index contributed by atoms with van der Waals surface area (Å²) < 4.78 is 0. The van der Waals surface area contributed by atoms with Gasteiger partial charge in [0.15, 0.2) is 0 Å². The van der Waals surface area contributed by atoms with Crippen LogP contribution in [0.25, 0.3) is 12.2 Å². The molecule has 0 unspecified atom stereocenters. The van der Waals surface area contributed by atoms with Gasteiger partial charge in [-0.15, -0.1) is 0 Å². The summed E-state index contributed by atoms with van der Waals surface area (Å²) in [6.07, 6.45) is 7.25. The van der Waals surface area contributed by atoms with Crippen LogP contribution in [0, 0.1) is 0 Å². The Hall–Kier alpha value is -1.31. The predicted octanol–water partition coefficient (Wildman–Crippen LogP) is 0.177. The van der Waals surface area contributed by atoms with Crippen LogP contribution in [-0.4, -0.2) is 9.97 Å². The summed E-state index contributed by atoms with van der Waals surface area (Å²) in [5.74, 6) is 0. The topological polar surface area (TPSA) is 28.7 Å². The Morgan fingerprint density at radius 1 is 1.70 bits per heavy atom. The van der Waals surface area contributed by atoms with Gasteiger partial charge in [-0.05, 0) is 13.0 Å². The van der Waals surface area contributed by atoms with Crippen molar-refractivity contribution in [3.63, 3.8) is 0 Å². The number of H-pyrrole nitrogens is 1. The van der Waals surface area contributed by atoms with Crippen LogP contribution in [0.3, 0.4) is 0 Å². The molecule has 0 aliphatic heterocycles. The van der Waals surface area contributed by atoms with E-state index >= 15 is 0 Å². The highest BCUT2D eigenvalue weighted by Gasteiger charge is 1.80. The molecule has 0 saturated carbocycles. The van der Waals surface area contributed by atoms with Crippen LogP contribution in [0.15, 0.2) is 19.0 Å². The van der Waals surface area contributed by atoms with Gasteiger partial charge in [0.25, 0.3) is 0 Å². The molecule has 0 aliphatic carbocycles. The number of allylic oxidation sites excluding steroid dienone is 1. The van der Waals surface area contributed by atoms with Crippen molar-refractivity contribution < 1.29 is 0 Å². The molecule has 0 atom stereocenters. The van der Waals surface area contributed by atoms with Crippen molar-refractivity contribution in [3.05, 3.63) is 29.7 Å². The van der Waals surface area contributed by atoms with E-state index in [-0.39, 0.29) is 0 Å². The average Bonchev–Trinajstić information content (AvgIpc) is 2.36. The number of hydrogen-bond donors (Lipinski definition) is 1. The van der Waals surface area contributed by atoms with Crippen LogP contribution < -0.4 is 10.7 Å². The molecule has 0 saturated heterocycles. The maximum absolute atomic E-state index is 4.06. The molecule has 0 bridgehead atoms. The van der Waals surface area contributed by atoms with Crippen molar-refractivity contribution in [2.45, 2.75) is 6.92 Å². The fourth-order valence-corrected chi connectivity index (χ4v) is 0.796. The summed E-state index contributed by atoms with van der Waals surface area (Å²) in [6.45, 7) is 5.55. The summed E-state index contributed by atoms with van der Waals surface area (Å²) >= 11 is 0. The van der Waals surface area contributed by atoms with Crippen LogP contribution in [0.2, 0.25) is 0 Å². The van der Waals surface area contributed by atoms with Crippen LogP contribution in [0.5, 0.6) is 0 Å². The molecule has 0 aromatic carbocycles. The molecule has 0 aliphatic rings. The van der Waals surface area contributed by atoms with Crippen LogP contribution in [-0.2, 0) is 0 Å². The number of aromatic nitrogens is 2. The van der Waals surface area contributed by atoms with E-state index in [2.05, 4.69) is 16.5 Å². The molecule has 0 amide bonds. The van der Waals surface area contributed by atoms with Crippen molar-refractivity contribution in [1.82, 2.24) is 9.97 Å². The SMILES string of the molecule is C=C/C=c1/[nH]cn/c1=C/C. The molecule has 1 heterocycles. The molecule has 2 heteroatoms. The first-order chi connectivity index (χ1) is 4.88. The molecule has 10 heavy (non-hydrogen) atoms. The zero-order chi connectivity index (χ0) is 7.40. The van der Waals surface area contributed by atoms with E-state index in [9.17, 15) is 0 Å². The zero-order valence-electron chi connectivity index (χ0n) is 5.96. The Balaban J connectivity index is 3.41. The van der Waals surface area contributed by atoms with E-state index in [1.54, 1.807) is 12.4 Å². The highest BCUT2D eigenvalue weighted by molar-refractivity contribution is 5.33. The van der Waals surface area contributed by atoms with Gasteiger partial charge in [-0.3, -0.25) is 0 Å². The highest BCUT2D eigenvalue weighted by Crippen LogP contribution is 1.62. The molecular formula is C8H10N2. The van der Waals surface area contributed by atoms with E-state index in [4.69, 9.17) is 0 Å². The van der Waals surface area contributed by atoms with Crippen LogP contribution in [0.4, 0.5) is 0 Å². The van der Waals surface area contributed by atoms with E-state index in [0.29, 0.717) is 0 Å². The average molecular weight is 134 g/mol. The Morgan fingerprint density at radius 2 is 2.50 bits per heavy atom. The summed E-state index contributed by atoms with van der Waals surface area (Å²) in [5, 5.41) is 1.98. The van der Waals surface area contributed by atoms with Crippen LogP contribution in [0.1, 0.15) is 6.92 Å². The lowest BCUT2D eigenvalue weighted by Crippen LogP contribution is -2.23. The second-order valence-electron chi connectivity index (χ2n) is 1.89. The minimum atomic E-state index is 0.972. The first kappa shape index (κ1) is 6.81. The fourth-order valence-electron chi connectivity index (χ4n) is 0.796. The van der Waals surface area contributed by atoms with Gasteiger partial charge in [0.05, 0.1) is 17.0 Å². The van der Waals surface area contributed by atoms with Crippen LogP contribution >= 0.6 is 0 Å². The number of nitrogens with zero attached hydrogens (tertiary/aromatic N) is 1. The lowest BCUT2D eigenvalue weighted by atomic mass is 10.4. The van der Waals surface area contributed by atoms with E-state index in [1.165, 1.54) is 0 Å². The van der Waals surface area contributed by atoms with Crippen molar-refractivity contribution in [2.75, 3.05) is 0 Å². The molecule has 52 valence electrons. The summed E-state index contributed by atoms with van der Waals surface area (Å²) in [6, 6.07) is 0. The lowest BCUT2D eigenvalue weighted by molar-refractivity contribution is 1.29. The number of hydrogen-bond acceptors (Lipinski definition) is 1. The fraction of sp³-hybridized carbons (Fsp3) is 0.125. The summed E-state index contributed by atoms with van der Waals surface area (Å²) in [4.78, 5) is 7.05. The summed E-state index contributed by atoms with van der Waals surface area (Å²) in [7, 11) is 0. The Kier molecular flexibility index (Phi) is 2.05. The van der Waals surface area contributed by atoms with Crippen molar-refractivity contribution >= 4 is 12.2 Å². The van der Waals surface area contributed by atoms with Gasteiger partial charge in [-0.25, -0.2) is 4.98 Å². The van der Waals surface area contributed by atoms with Gasteiger partial charge < -0.3 is 4.98 Å². The molecule has 1 rings (SSSR count). The molecule has 0 spiro atoms. The summed E-state index contributed by atoms with van der Waals surface area (Å²) in [5.41, 5.74) is 0. The highest BCUT2D eigenvalue weighted by atomic mass is 14.8. The molecule has 1 aromatic rings.